The summed E-state index contributed by atoms with van der Waals surface area (Å²) in [7, 11) is 1.47. The molecule has 1 aliphatic rings. The molecule has 0 aromatic heterocycles. The number of hydrogen-bond acceptors (Lipinski definition) is 3. The fourth-order valence-corrected chi connectivity index (χ4v) is 1.91. The maximum atomic E-state index is 11.7. The number of ether oxygens (including phenoxy) is 1. The number of methoxy groups -OCH3 is 1. The number of urea groups is 1. The van der Waals surface area contributed by atoms with E-state index >= 15 is 0 Å². The Labute approximate surface area is 104 Å². The van der Waals surface area contributed by atoms with E-state index < -0.39 is 5.97 Å². The van der Waals surface area contributed by atoms with Gasteiger partial charge in [-0.25, -0.2) is 9.59 Å². The summed E-state index contributed by atoms with van der Waals surface area (Å²) in [5.41, 5.74) is 0.451. The fourth-order valence-electron chi connectivity index (χ4n) is 1.91. The monoisotopic (exact) mass is 250 g/mol. The van der Waals surface area contributed by atoms with Crippen LogP contribution in [0.15, 0.2) is 18.2 Å². The first-order valence-corrected chi connectivity index (χ1v) is 5.60. The van der Waals surface area contributed by atoms with E-state index in [1.807, 2.05) is 0 Å². The van der Waals surface area contributed by atoms with Gasteiger partial charge in [0.15, 0.2) is 0 Å². The minimum absolute atomic E-state index is 0.0615. The molecular formula is C12H14N2O4. The first kappa shape index (κ1) is 12.2. The highest BCUT2D eigenvalue weighted by Gasteiger charge is 2.24. The van der Waals surface area contributed by atoms with Crippen LogP contribution in [0.2, 0.25) is 0 Å². The number of hydrogen-bond donors (Lipinski definition) is 2. The molecule has 0 radical (unpaired) electrons. The van der Waals surface area contributed by atoms with Crippen LogP contribution in [0, 0.1) is 0 Å². The predicted octanol–water partition coefficient (Wildman–Crippen LogP) is 1.31. The molecule has 2 rings (SSSR count). The average molecular weight is 250 g/mol. The van der Waals surface area contributed by atoms with Gasteiger partial charge < -0.3 is 15.2 Å². The number of nitrogens with one attached hydrogen (secondary N) is 1. The molecule has 1 saturated heterocycles. The lowest BCUT2D eigenvalue weighted by Crippen LogP contribution is -2.47. The van der Waals surface area contributed by atoms with Crippen molar-refractivity contribution in [3.05, 3.63) is 23.8 Å². The third-order valence-electron chi connectivity index (χ3n) is 2.80. The second kappa shape index (κ2) is 4.95. The van der Waals surface area contributed by atoms with Gasteiger partial charge in [0.25, 0.3) is 0 Å². The molecule has 0 spiro atoms. The molecule has 2 N–H and O–H groups in total. The van der Waals surface area contributed by atoms with Gasteiger partial charge in [-0.2, -0.15) is 0 Å². The van der Waals surface area contributed by atoms with E-state index in [0.29, 0.717) is 24.5 Å². The van der Waals surface area contributed by atoms with Crippen LogP contribution >= 0.6 is 0 Å². The zero-order chi connectivity index (χ0) is 13.1. The van der Waals surface area contributed by atoms with Crippen molar-refractivity contribution in [3.8, 4) is 5.75 Å². The Hall–Kier alpha value is -2.24. The number of rotatable bonds is 3. The van der Waals surface area contributed by atoms with Gasteiger partial charge in [0.1, 0.15) is 5.75 Å². The summed E-state index contributed by atoms with van der Waals surface area (Å²) >= 11 is 0. The van der Waals surface area contributed by atoms with E-state index in [2.05, 4.69) is 5.32 Å². The molecule has 1 aromatic rings. The van der Waals surface area contributed by atoms with Gasteiger partial charge in [-0.15, -0.1) is 0 Å². The third kappa shape index (κ3) is 2.22. The largest absolute Gasteiger partial charge is 0.497 e. The van der Waals surface area contributed by atoms with Crippen molar-refractivity contribution in [1.82, 2.24) is 5.32 Å². The van der Waals surface area contributed by atoms with Crippen molar-refractivity contribution in [1.29, 1.82) is 0 Å². The fraction of sp³-hybridized carbons (Fsp3) is 0.333. The molecule has 0 saturated carbocycles. The Balaban J connectivity index is 2.42. The number of aromatic carboxylic acids is 1. The maximum Gasteiger partial charge on any atom is 0.337 e. The van der Waals surface area contributed by atoms with Crippen LogP contribution in [0.3, 0.4) is 0 Å². The minimum atomic E-state index is -1.08. The molecule has 96 valence electrons. The summed E-state index contributed by atoms with van der Waals surface area (Å²) in [6, 6.07) is 4.38. The number of carbonyl (C=O) groups is 2. The van der Waals surface area contributed by atoms with Crippen molar-refractivity contribution >= 4 is 17.7 Å². The SMILES string of the molecule is COc1ccc(N2CCCNC2=O)c(C(=O)O)c1. The highest BCUT2D eigenvalue weighted by Crippen LogP contribution is 2.26. The maximum absolute atomic E-state index is 11.7. The average Bonchev–Trinajstić information content (AvgIpc) is 2.38. The standard InChI is InChI=1S/C12H14N2O4/c1-18-8-3-4-10(9(7-8)11(15)16)14-6-2-5-13-12(14)17/h3-4,7H,2,5-6H2,1H3,(H,13,17)(H,15,16). The number of nitrogens with zero attached hydrogens (tertiary/aromatic N) is 1. The lowest BCUT2D eigenvalue weighted by atomic mass is 10.1. The molecule has 0 aliphatic carbocycles. The van der Waals surface area contributed by atoms with Crippen LogP contribution in [-0.4, -0.2) is 37.3 Å². The molecule has 0 unspecified atom stereocenters. The predicted molar refractivity (Wildman–Crippen MR) is 65.3 cm³/mol. The number of amides is 2. The first-order chi connectivity index (χ1) is 8.63. The number of benzene rings is 1. The third-order valence-corrected chi connectivity index (χ3v) is 2.80. The number of anilines is 1. The number of carboxylic acids is 1. The van der Waals surface area contributed by atoms with Crippen LogP contribution in [0.25, 0.3) is 0 Å². The van der Waals surface area contributed by atoms with Crippen molar-refractivity contribution in [3.63, 3.8) is 0 Å². The van der Waals surface area contributed by atoms with E-state index in [0.717, 1.165) is 6.42 Å². The number of carbonyl (C=O) groups excluding carboxylic acids is 1. The van der Waals surface area contributed by atoms with E-state index in [9.17, 15) is 14.7 Å². The van der Waals surface area contributed by atoms with E-state index in [1.54, 1.807) is 12.1 Å². The van der Waals surface area contributed by atoms with Gasteiger partial charge in [0.05, 0.1) is 18.4 Å². The van der Waals surface area contributed by atoms with Gasteiger partial charge in [-0.1, -0.05) is 0 Å². The molecular weight excluding hydrogens is 236 g/mol. The van der Waals surface area contributed by atoms with E-state index in [1.165, 1.54) is 18.1 Å². The summed E-state index contributed by atoms with van der Waals surface area (Å²) < 4.78 is 4.99. The molecule has 18 heavy (non-hydrogen) atoms. The van der Waals surface area contributed by atoms with Crippen LogP contribution in [0.5, 0.6) is 5.75 Å². The first-order valence-electron chi connectivity index (χ1n) is 5.60. The second-order valence-corrected chi connectivity index (χ2v) is 3.93. The van der Waals surface area contributed by atoms with Crippen molar-refractivity contribution in [2.75, 3.05) is 25.1 Å². The van der Waals surface area contributed by atoms with Gasteiger partial charge >= 0.3 is 12.0 Å². The number of carboxylic acid groups (broad SMARTS) is 1. The highest BCUT2D eigenvalue weighted by atomic mass is 16.5. The molecule has 6 nitrogen and oxygen atoms in total. The zero-order valence-corrected chi connectivity index (χ0v) is 9.97. The Kier molecular flexibility index (Phi) is 3.36. The van der Waals surface area contributed by atoms with Gasteiger partial charge in [-0.05, 0) is 24.6 Å². The molecule has 0 bridgehead atoms. The molecule has 1 heterocycles. The van der Waals surface area contributed by atoms with Crippen molar-refractivity contribution in [2.45, 2.75) is 6.42 Å². The second-order valence-electron chi connectivity index (χ2n) is 3.93. The highest BCUT2D eigenvalue weighted by molar-refractivity contribution is 6.02. The van der Waals surface area contributed by atoms with Crippen LogP contribution < -0.4 is 15.0 Å². The topological polar surface area (TPSA) is 78.9 Å². The normalized spacial score (nSPS) is 15.2. The van der Waals surface area contributed by atoms with E-state index in [-0.39, 0.29) is 11.6 Å². The molecule has 2 amide bonds. The molecule has 1 aromatic carbocycles. The quantitative estimate of drug-likeness (QED) is 0.847. The van der Waals surface area contributed by atoms with Gasteiger partial charge in [0.2, 0.25) is 0 Å². The summed E-state index contributed by atoms with van der Waals surface area (Å²) in [5.74, 6) is -0.629. The van der Waals surface area contributed by atoms with Gasteiger partial charge in [-0.3, -0.25) is 4.90 Å². The lowest BCUT2D eigenvalue weighted by molar-refractivity contribution is 0.0697. The van der Waals surface area contributed by atoms with Gasteiger partial charge in [0, 0.05) is 13.1 Å². The van der Waals surface area contributed by atoms with Crippen LogP contribution in [0.1, 0.15) is 16.8 Å². The van der Waals surface area contributed by atoms with Crippen molar-refractivity contribution < 1.29 is 19.4 Å². The van der Waals surface area contributed by atoms with Crippen LogP contribution in [-0.2, 0) is 0 Å². The molecule has 1 aliphatic heterocycles. The van der Waals surface area contributed by atoms with Crippen LogP contribution in [0.4, 0.5) is 10.5 Å². The Morgan fingerprint density at radius 2 is 2.28 bits per heavy atom. The Morgan fingerprint density at radius 3 is 2.89 bits per heavy atom. The lowest BCUT2D eigenvalue weighted by Gasteiger charge is -2.28. The summed E-state index contributed by atoms with van der Waals surface area (Å²) in [6.07, 6.45) is 0.789. The summed E-state index contributed by atoms with van der Waals surface area (Å²) in [6.45, 7) is 1.13. The molecule has 6 heteroatoms. The minimum Gasteiger partial charge on any atom is -0.497 e. The zero-order valence-electron chi connectivity index (χ0n) is 9.97. The van der Waals surface area contributed by atoms with E-state index in [4.69, 9.17) is 4.74 Å². The molecule has 1 fully saturated rings. The smallest absolute Gasteiger partial charge is 0.337 e. The molecule has 0 atom stereocenters. The Bertz CT molecular complexity index is 487. The Morgan fingerprint density at radius 1 is 1.50 bits per heavy atom. The van der Waals surface area contributed by atoms with Crippen molar-refractivity contribution in [2.24, 2.45) is 0 Å². The summed E-state index contributed by atoms with van der Waals surface area (Å²) in [5, 5.41) is 11.9. The summed E-state index contributed by atoms with van der Waals surface area (Å²) in [4.78, 5) is 24.4.